The van der Waals surface area contributed by atoms with Crippen molar-refractivity contribution in [3.05, 3.63) is 46.7 Å². The first-order valence-electron chi connectivity index (χ1n) is 8.96. The number of nitrogens with one attached hydrogen (secondary N) is 2. The summed E-state index contributed by atoms with van der Waals surface area (Å²) < 4.78 is 0. The SMILES string of the molecule is Cc1nc(NCCNC(=O)Cc2ccc(Cl)cc2)cc(N2CCCC2)n1. The van der Waals surface area contributed by atoms with Gasteiger partial charge >= 0.3 is 0 Å². The van der Waals surface area contributed by atoms with Gasteiger partial charge in [-0.15, -0.1) is 0 Å². The maximum absolute atomic E-state index is 12.0. The lowest BCUT2D eigenvalue weighted by Crippen LogP contribution is -2.30. The quantitative estimate of drug-likeness (QED) is 0.730. The number of amides is 1. The van der Waals surface area contributed by atoms with E-state index in [1.165, 1.54) is 12.8 Å². The van der Waals surface area contributed by atoms with E-state index in [9.17, 15) is 4.79 Å². The summed E-state index contributed by atoms with van der Waals surface area (Å²) in [6.07, 6.45) is 2.78. The lowest BCUT2D eigenvalue weighted by molar-refractivity contribution is -0.120. The second kappa shape index (κ2) is 8.85. The monoisotopic (exact) mass is 373 g/mol. The Hall–Kier alpha value is -2.34. The molecule has 138 valence electrons. The van der Waals surface area contributed by atoms with E-state index in [2.05, 4.69) is 25.5 Å². The average Bonchev–Trinajstić information content (AvgIpc) is 3.15. The summed E-state index contributed by atoms with van der Waals surface area (Å²) in [7, 11) is 0. The molecule has 26 heavy (non-hydrogen) atoms. The summed E-state index contributed by atoms with van der Waals surface area (Å²) in [6.45, 7) is 5.16. The van der Waals surface area contributed by atoms with Crippen LogP contribution in [-0.4, -0.2) is 42.1 Å². The molecule has 6 nitrogen and oxygen atoms in total. The Morgan fingerprint density at radius 3 is 2.62 bits per heavy atom. The predicted molar refractivity (Wildman–Crippen MR) is 105 cm³/mol. The van der Waals surface area contributed by atoms with Crippen molar-refractivity contribution in [2.24, 2.45) is 0 Å². The fraction of sp³-hybridized carbons (Fsp3) is 0.421. The van der Waals surface area contributed by atoms with Gasteiger partial charge in [0.15, 0.2) is 0 Å². The van der Waals surface area contributed by atoms with Crippen LogP contribution in [0.15, 0.2) is 30.3 Å². The highest BCUT2D eigenvalue weighted by Gasteiger charge is 2.15. The molecule has 2 N–H and O–H groups in total. The molecule has 7 heteroatoms. The minimum atomic E-state index is -0.00857. The van der Waals surface area contributed by atoms with Gasteiger partial charge in [-0.25, -0.2) is 9.97 Å². The van der Waals surface area contributed by atoms with Gasteiger partial charge in [-0.2, -0.15) is 0 Å². The van der Waals surface area contributed by atoms with Gasteiger partial charge in [-0.1, -0.05) is 23.7 Å². The van der Waals surface area contributed by atoms with Crippen LogP contribution in [0.4, 0.5) is 11.6 Å². The first kappa shape index (κ1) is 18.5. The Balaban J connectivity index is 1.44. The van der Waals surface area contributed by atoms with E-state index in [1.54, 1.807) is 12.1 Å². The van der Waals surface area contributed by atoms with E-state index < -0.39 is 0 Å². The van der Waals surface area contributed by atoms with Crippen LogP contribution in [0.3, 0.4) is 0 Å². The number of benzene rings is 1. The van der Waals surface area contributed by atoms with Crippen LogP contribution < -0.4 is 15.5 Å². The predicted octanol–water partition coefficient (Wildman–Crippen LogP) is 2.81. The summed E-state index contributed by atoms with van der Waals surface area (Å²) in [5, 5.41) is 6.85. The highest BCUT2D eigenvalue weighted by Crippen LogP contribution is 2.20. The van der Waals surface area contributed by atoms with Crippen LogP contribution in [0, 0.1) is 6.92 Å². The molecule has 1 aliphatic rings. The molecule has 1 aromatic carbocycles. The van der Waals surface area contributed by atoms with Crippen molar-refractivity contribution in [2.45, 2.75) is 26.2 Å². The van der Waals surface area contributed by atoms with Gasteiger partial charge in [0.1, 0.15) is 17.5 Å². The molecule has 3 rings (SSSR count). The molecule has 0 bridgehead atoms. The summed E-state index contributed by atoms with van der Waals surface area (Å²) in [5.41, 5.74) is 0.946. The van der Waals surface area contributed by atoms with Crippen LogP contribution >= 0.6 is 11.6 Å². The number of halogens is 1. The molecule has 2 aromatic rings. The minimum absolute atomic E-state index is 0.00857. The van der Waals surface area contributed by atoms with Crippen molar-refractivity contribution in [1.82, 2.24) is 15.3 Å². The smallest absolute Gasteiger partial charge is 0.224 e. The van der Waals surface area contributed by atoms with E-state index in [-0.39, 0.29) is 5.91 Å². The van der Waals surface area contributed by atoms with E-state index in [1.807, 2.05) is 25.1 Å². The Labute approximate surface area is 159 Å². The molecular weight excluding hydrogens is 350 g/mol. The van der Waals surface area contributed by atoms with E-state index >= 15 is 0 Å². The fourth-order valence-electron chi connectivity index (χ4n) is 2.99. The van der Waals surface area contributed by atoms with Gasteiger partial charge in [0.2, 0.25) is 5.91 Å². The molecular formula is C19H24ClN5O. The van der Waals surface area contributed by atoms with Crippen LogP contribution in [0.1, 0.15) is 24.2 Å². The first-order chi connectivity index (χ1) is 12.6. The van der Waals surface area contributed by atoms with E-state index in [0.29, 0.717) is 24.5 Å². The van der Waals surface area contributed by atoms with E-state index in [0.717, 1.165) is 36.1 Å². The van der Waals surface area contributed by atoms with Crippen molar-refractivity contribution in [3.63, 3.8) is 0 Å². The third kappa shape index (κ3) is 5.33. The fourth-order valence-corrected chi connectivity index (χ4v) is 3.12. The maximum Gasteiger partial charge on any atom is 0.224 e. The lowest BCUT2D eigenvalue weighted by Gasteiger charge is -2.17. The average molecular weight is 374 g/mol. The van der Waals surface area contributed by atoms with Crippen LogP contribution in [0.2, 0.25) is 5.02 Å². The van der Waals surface area contributed by atoms with Crippen molar-refractivity contribution in [3.8, 4) is 0 Å². The maximum atomic E-state index is 12.0. The van der Waals surface area contributed by atoms with Crippen LogP contribution in [0.25, 0.3) is 0 Å². The largest absolute Gasteiger partial charge is 0.368 e. The second-order valence-electron chi connectivity index (χ2n) is 6.43. The van der Waals surface area contributed by atoms with Crippen molar-refractivity contribution < 1.29 is 4.79 Å². The van der Waals surface area contributed by atoms with Gasteiger partial charge in [0.05, 0.1) is 6.42 Å². The van der Waals surface area contributed by atoms with Crippen LogP contribution in [0.5, 0.6) is 0 Å². The Morgan fingerprint density at radius 1 is 1.15 bits per heavy atom. The number of aryl methyl sites for hydroxylation is 1. The van der Waals surface area contributed by atoms with Gasteiger partial charge in [-0.3, -0.25) is 4.79 Å². The number of carbonyl (C=O) groups is 1. The summed E-state index contributed by atoms with van der Waals surface area (Å²) >= 11 is 5.85. The first-order valence-corrected chi connectivity index (χ1v) is 9.33. The van der Waals surface area contributed by atoms with Crippen molar-refractivity contribution in [2.75, 3.05) is 36.4 Å². The number of rotatable bonds is 7. The highest BCUT2D eigenvalue weighted by atomic mass is 35.5. The normalized spacial score (nSPS) is 13.7. The number of aromatic nitrogens is 2. The van der Waals surface area contributed by atoms with Gasteiger partial charge < -0.3 is 15.5 Å². The molecule has 1 saturated heterocycles. The third-order valence-corrected chi connectivity index (χ3v) is 4.54. The zero-order valence-corrected chi connectivity index (χ0v) is 15.7. The lowest BCUT2D eigenvalue weighted by atomic mass is 10.1. The number of anilines is 2. The molecule has 0 radical (unpaired) electrons. The highest BCUT2D eigenvalue weighted by molar-refractivity contribution is 6.30. The number of hydrogen-bond donors (Lipinski definition) is 2. The molecule has 2 heterocycles. The summed E-state index contributed by atoms with van der Waals surface area (Å²) in [6, 6.07) is 9.30. The Bertz CT molecular complexity index is 744. The van der Waals surface area contributed by atoms with Crippen molar-refractivity contribution >= 4 is 29.1 Å². The number of nitrogens with zero attached hydrogens (tertiary/aromatic N) is 3. The number of hydrogen-bond acceptors (Lipinski definition) is 5. The molecule has 0 saturated carbocycles. The summed E-state index contributed by atoms with van der Waals surface area (Å²) in [5.74, 6) is 2.52. The molecule has 0 atom stereocenters. The molecule has 1 aromatic heterocycles. The molecule has 1 fully saturated rings. The van der Waals surface area contributed by atoms with Gasteiger partial charge in [0, 0.05) is 37.3 Å². The topological polar surface area (TPSA) is 70.2 Å². The Morgan fingerprint density at radius 2 is 1.88 bits per heavy atom. The zero-order valence-electron chi connectivity index (χ0n) is 15.0. The minimum Gasteiger partial charge on any atom is -0.368 e. The van der Waals surface area contributed by atoms with Crippen LogP contribution in [-0.2, 0) is 11.2 Å². The van der Waals surface area contributed by atoms with Crippen molar-refractivity contribution in [1.29, 1.82) is 0 Å². The molecule has 1 amide bonds. The molecule has 0 unspecified atom stereocenters. The summed E-state index contributed by atoms with van der Waals surface area (Å²) in [4.78, 5) is 23.2. The van der Waals surface area contributed by atoms with Gasteiger partial charge in [0.25, 0.3) is 0 Å². The molecule has 0 aliphatic carbocycles. The Kier molecular flexibility index (Phi) is 6.28. The van der Waals surface area contributed by atoms with Gasteiger partial charge in [-0.05, 0) is 37.5 Å². The molecule has 1 aliphatic heterocycles. The molecule has 0 spiro atoms. The standard InChI is InChI=1S/C19H24ClN5O/c1-14-23-17(13-18(24-14)25-10-2-3-11-25)21-8-9-22-19(26)12-15-4-6-16(20)7-5-15/h4-7,13H,2-3,8-12H2,1H3,(H,22,26)(H,21,23,24). The van der Waals surface area contributed by atoms with E-state index in [4.69, 9.17) is 11.6 Å². The number of carbonyl (C=O) groups excluding carboxylic acids is 1. The zero-order chi connectivity index (χ0) is 18.4. The second-order valence-corrected chi connectivity index (χ2v) is 6.87. The third-order valence-electron chi connectivity index (χ3n) is 4.29.